The molecule has 0 amide bonds. The standard InChI is InChI=1S/C31H32F3N3O2/c1-31(33,34)21-10-11-25-22(13-21)30-28(37-30)15-27(36-25)23-16-35-26(14-24(23)32)20-8-6-19(7-9-20)18-4-2-17(3-5-18)12-29(38)39/h6,8,10-11,13-14,16-18,28,30,37H,2-5,7,9,12,15H2,1H3,(H,38,39). The van der Waals surface area contributed by atoms with Crippen molar-refractivity contribution in [3.63, 3.8) is 0 Å². The van der Waals surface area contributed by atoms with E-state index < -0.39 is 11.9 Å². The second-order valence-corrected chi connectivity index (χ2v) is 11.5. The molecule has 0 spiro atoms. The summed E-state index contributed by atoms with van der Waals surface area (Å²) in [5.41, 5.74) is 5.18. The number of aromatic nitrogens is 1. The van der Waals surface area contributed by atoms with Crippen LogP contribution in [0.2, 0.25) is 0 Å². The lowest BCUT2D eigenvalue weighted by molar-refractivity contribution is -0.138. The number of hydrogen-bond donors (Lipinski definition) is 2. The fraction of sp³-hybridized carbons (Fsp3) is 0.452. The van der Waals surface area contributed by atoms with E-state index in [1.54, 1.807) is 12.3 Å². The minimum absolute atomic E-state index is 0.0358. The smallest absolute Gasteiger partial charge is 0.303 e. The van der Waals surface area contributed by atoms with Crippen LogP contribution in [0.5, 0.6) is 0 Å². The van der Waals surface area contributed by atoms with Gasteiger partial charge in [0.1, 0.15) is 5.82 Å². The van der Waals surface area contributed by atoms with Crippen LogP contribution in [0, 0.1) is 17.7 Å². The van der Waals surface area contributed by atoms with Crippen LogP contribution in [0.25, 0.3) is 5.57 Å². The maximum atomic E-state index is 15.4. The molecule has 0 radical (unpaired) electrons. The maximum absolute atomic E-state index is 15.4. The Labute approximate surface area is 226 Å². The van der Waals surface area contributed by atoms with Crippen LogP contribution in [-0.2, 0) is 10.7 Å². The number of nitrogens with zero attached hydrogens (tertiary/aromatic N) is 2. The van der Waals surface area contributed by atoms with Crippen LogP contribution in [0.1, 0.15) is 86.7 Å². The lowest BCUT2D eigenvalue weighted by atomic mass is 9.75. The van der Waals surface area contributed by atoms with Crippen molar-refractivity contribution < 1.29 is 23.1 Å². The van der Waals surface area contributed by atoms with Gasteiger partial charge in [-0.2, -0.15) is 0 Å². The van der Waals surface area contributed by atoms with Gasteiger partial charge in [0.2, 0.25) is 0 Å². The van der Waals surface area contributed by atoms with Gasteiger partial charge in [0.05, 0.1) is 28.7 Å². The van der Waals surface area contributed by atoms with E-state index in [2.05, 4.69) is 16.4 Å². The number of carboxylic acid groups (broad SMARTS) is 1. The van der Waals surface area contributed by atoms with Crippen molar-refractivity contribution in [1.29, 1.82) is 0 Å². The molecule has 2 unspecified atom stereocenters. The van der Waals surface area contributed by atoms with Gasteiger partial charge in [-0.3, -0.25) is 14.8 Å². The summed E-state index contributed by atoms with van der Waals surface area (Å²) in [5, 5.41) is 12.4. The van der Waals surface area contributed by atoms with Gasteiger partial charge in [-0.25, -0.2) is 13.2 Å². The quantitative estimate of drug-likeness (QED) is 0.382. The van der Waals surface area contributed by atoms with Crippen LogP contribution < -0.4 is 5.32 Å². The number of pyridine rings is 1. The molecule has 2 fully saturated rings. The number of allylic oxidation sites excluding steroid dienone is 4. The van der Waals surface area contributed by atoms with Crippen molar-refractivity contribution in [1.82, 2.24) is 10.3 Å². The highest BCUT2D eigenvalue weighted by atomic mass is 19.3. The number of rotatable bonds is 6. The Hall–Kier alpha value is -3.26. The Kier molecular flexibility index (Phi) is 6.69. The van der Waals surface area contributed by atoms with Gasteiger partial charge >= 0.3 is 5.97 Å². The van der Waals surface area contributed by atoms with Gasteiger partial charge in [0, 0.05) is 43.6 Å². The van der Waals surface area contributed by atoms with Gasteiger partial charge in [-0.1, -0.05) is 23.8 Å². The predicted octanol–water partition coefficient (Wildman–Crippen LogP) is 7.25. The highest BCUT2D eigenvalue weighted by molar-refractivity contribution is 6.03. The molecule has 0 bridgehead atoms. The second kappa shape index (κ2) is 10.0. The third-order valence-electron chi connectivity index (χ3n) is 8.73. The summed E-state index contributed by atoms with van der Waals surface area (Å²) in [7, 11) is 0. The number of carbonyl (C=O) groups is 1. The molecule has 4 aliphatic rings. The predicted molar refractivity (Wildman–Crippen MR) is 144 cm³/mol. The first-order chi connectivity index (χ1) is 18.7. The van der Waals surface area contributed by atoms with E-state index >= 15 is 4.39 Å². The van der Waals surface area contributed by atoms with Crippen LogP contribution in [-0.4, -0.2) is 27.8 Å². The number of alkyl halides is 2. The monoisotopic (exact) mass is 535 g/mol. The number of carboxylic acids is 1. The fourth-order valence-corrected chi connectivity index (χ4v) is 6.42. The molecule has 2 aliphatic heterocycles. The average Bonchev–Trinajstić information content (AvgIpc) is 3.68. The molecule has 39 heavy (non-hydrogen) atoms. The lowest BCUT2D eigenvalue weighted by Crippen LogP contribution is -2.19. The third-order valence-corrected chi connectivity index (χ3v) is 8.73. The highest BCUT2D eigenvalue weighted by Crippen LogP contribution is 2.44. The Balaban J connectivity index is 1.19. The number of fused-ring (bicyclic) bond motifs is 3. The molecule has 1 saturated heterocycles. The van der Waals surface area contributed by atoms with Gasteiger partial charge in [0.25, 0.3) is 5.92 Å². The van der Waals surface area contributed by atoms with Gasteiger partial charge in [-0.15, -0.1) is 0 Å². The summed E-state index contributed by atoms with van der Waals surface area (Å²) in [4.78, 5) is 20.3. The fourth-order valence-electron chi connectivity index (χ4n) is 6.42. The first kappa shape index (κ1) is 26.0. The second-order valence-electron chi connectivity index (χ2n) is 11.5. The summed E-state index contributed by atoms with van der Waals surface area (Å²) in [5.74, 6) is -3.25. The molecule has 1 aromatic carbocycles. The summed E-state index contributed by atoms with van der Waals surface area (Å²) in [6, 6.07) is 5.95. The number of aliphatic carboxylic acids is 1. The molecule has 3 heterocycles. The molecule has 6 rings (SSSR count). The Morgan fingerprint density at radius 3 is 2.59 bits per heavy atom. The minimum Gasteiger partial charge on any atom is -0.481 e. The number of halogens is 3. The molecule has 204 valence electrons. The molecular formula is C31H32F3N3O2. The van der Waals surface area contributed by atoms with E-state index in [4.69, 9.17) is 10.1 Å². The molecule has 2 aliphatic carbocycles. The number of nitrogens with one attached hydrogen (secondary N) is 1. The van der Waals surface area contributed by atoms with Crippen molar-refractivity contribution in [2.75, 3.05) is 0 Å². The molecule has 2 aromatic rings. The number of benzene rings is 1. The van der Waals surface area contributed by atoms with Gasteiger partial charge < -0.3 is 10.4 Å². The van der Waals surface area contributed by atoms with E-state index in [9.17, 15) is 13.6 Å². The summed E-state index contributed by atoms with van der Waals surface area (Å²) >= 11 is 0. The number of hydrogen-bond acceptors (Lipinski definition) is 4. The summed E-state index contributed by atoms with van der Waals surface area (Å²) in [6.07, 6.45) is 12.2. The van der Waals surface area contributed by atoms with Crippen molar-refractivity contribution in [3.05, 3.63) is 76.4 Å². The van der Waals surface area contributed by atoms with Crippen LogP contribution in [0.4, 0.5) is 18.9 Å². The molecule has 2 N–H and O–H groups in total. The van der Waals surface area contributed by atoms with Crippen LogP contribution >= 0.6 is 0 Å². The van der Waals surface area contributed by atoms with Crippen molar-refractivity contribution in [2.24, 2.45) is 16.8 Å². The van der Waals surface area contributed by atoms with Crippen molar-refractivity contribution >= 4 is 22.9 Å². The van der Waals surface area contributed by atoms with E-state index in [0.717, 1.165) is 56.6 Å². The average molecular weight is 536 g/mol. The van der Waals surface area contributed by atoms with Crippen molar-refractivity contribution in [3.8, 4) is 0 Å². The van der Waals surface area contributed by atoms with Gasteiger partial charge in [0.15, 0.2) is 0 Å². The molecule has 5 nitrogen and oxygen atoms in total. The first-order valence-corrected chi connectivity index (χ1v) is 13.8. The van der Waals surface area contributed by atoms with Crippen LogP contribution in [0.15, 0.2) is 53.2 Å². The normalized spacial score (nSPS) is 26.4. The minimum atomic E-state index is -2.94. The number of aliphatic imine (C=N–C) groups is 1. The molecule has 1 saturated carbocycles. The van der Waals surface area contributed by atoms with E-state index in [1.807, 2.05) is 6.08 Å². The maximum Gasteiger partial charge on any atom is 0.303 e. The zero-order valence-corrected chi connectivity index (χ0v) is 21.9. The first-order valence-electron chi connectivity index (χ1n) is 13.8. The van der Waals surface area contributed by atoms with Crippen molar-refractivity contribution in [2.45, 2.75) is 76.3 Å². The van der Waals surface area contributed by atoms with E-state index in [0.29, 0.717) is 35.0 Å². The third kappa shape index (κ3) is 5.44. The topological polar surface area (TPSA) is 84.5 Å². The largest absolute Gasteiger partial charge is 0.481 e. The molecule has 8 heteroatoms. The Bertz CT molecular complexity index is 1400. The Morgan fingerprint density at radius 2 is 1.92 bits per heavy atom. The zero-order chi connectivity index (χ0) is 27.3. The summed E-state index contributed by atoms with van der Waals surface area (Å²) in [6.45, 7) is 0.883. The lowest BCUT2D eigenvalue weighted by Gasteiger charge is -2.30. The Morgan fingerprint density at radius 1 is 1.13 bits per heavy atom. The molecule has 1 aromatic heterocycles. The summed E-state index contributed by atoms with van der Waals surface area (Å²) < 4.78 is 43.2. The zero-order valence-electron chi connectivity index (χ0n) is 21.9. The van der Waals surface area contributed by atoms with E-state index in [-0.39, 0.29) is 35.8 Å². The van der Waals surface area contributed by atoms with Gasteiger partial charge in [-0.05, 0) is 73.6 Å². The molecule has 2 atom stereocenters. The van der Waals surface area contributed by atoms with Crippen LogP contribution in [0.3, 0.4) is 0 Å². The molecular weight excluding hydrogens is 503 g/mol. The highest BCUT2D eigenvalue weighted by Gasteiger charge is 2.43. The van der Waals surface area contributed by atoms with E-state index in [1.165, 1.54) is 23.8 Å². The SMILES string of the molecule is CC(F)(F)c1ccc2c(c1)C1NC1CC(c1cnc(C3=CC=C(C4CCC(CC(=O)O)CC4)CC3)cc1F)=N2.